The van der Waals surface area contributed by atoms with E-state index in [1.165, 1.54) is 32.8 Å². The Morgan fingerprint density at radius 1 is 0.783 bits per heavy atom. The molecule has 2 saturated heterocycles. The van der Waals surface area contributed by atoms with E-state index < -0.39 is 48.7 Å². The third-order valence-electron chi connectivity index (χ3n) is 11.8. The highest BCUT2D eigenvalue weighted by Gasteiger charge is 2.44. The van der Waals surface area contributed by atoms with Gasteiger partial charge in [0, 0.05) is 45.8 Å². The van der Waals surface area contributed by atoms with Crippen molar-refractivity contribution in [1.82, 2.24) is 4.90 Å². The zero-order chi connectivity index (χ0) is 55.5. The van der Waals surface area contributed by atoms with Gasteiger partial charge >= 0.3 is 5.97 Å². The van der Waals surface area contributed by atoms with Crippen LogP contribution in [0.3, 0.4) is 0 Å². The van der Waals surface area contributed by atoms with E-state index in [4.69, 9.17) is 29.2 Å². The number of methoxy groups -OCH3 is 1. The number of carbonyl (C=O) groups excluding carboxylic acids is 2. The van der Waals surface area contributed by atoms with Crippen molar-refractivity contribution in [3.8, 4) is 0 Å². The number of rotatable bonds is 17. The van der Waals surface area contributed by atoms with E-state index in [1.807, 2.05) is 94.6 Å². The fourth-order valence-electron chi connectivity index (χ4n) is 6.69. The van der Waals surface area contributed by atoms with E-state index in [1.54, 1.807) is 26.0 Å². The molecular formula is C55H113NO13. The maximum atomic E-state index is 12.4. The summed E-state index contributed by atoms with van der Waals surface area (Å²) in [5.41, 5.74) is 0.0318. The minimum atomic E-state index is -1.03. The second kappa shape index (κ2) is 49.5. The monoisotopic (exact) mass is 996 g/mol. The fourth-order valence-corrected chi connectivity index (χ4v) is 6.69. The zero-order valence-corrected chi connectivity index (χ0v) is 48.1. The zero-order valence-electron chi connectivity index (χ0n) is 48.1. The van der Waals surface area contributed by atoms with Gasteiger partial charge in [0.15, 0.2) is 12.6 Å². The number of esters is 1. The highest BCUT2D eigenvalue weighted by molar-refractivity contribution is 5.74. The van der Waals surface area contributed by atoms with Gasteiger partial charge in [0.05, 0.1) is 29.8 Å². The number of hydrogen-bond acceptors (Lipinski definition) is 14. The summed E-state index contributed by atoms with van der Waals surface area (Å²) in [7, 11) is 7.60. The first-order chi connectivity index (χ1) is 32.4. The van der Waals surface area contributed by atoms with Crippen molar-refractivity contribution in [2.24, 2.45) is 29.6 Å². The Bertz CT molecular complexity index is 1220. The Labute approximate surface area is 423 Å². The molecule has 2 fully saturated rings. The number of ether oxygens (including phenoxy) is 4. The summed E-state index contributed by atoms with van der Waals surface area (Å²) in [4.78, 5) is 24.5. The third kappa shape index (κ3) is 40.1. The Morgan fingerprint density at radius 2 is 1.28 bits per heavy atom. The van der Waals surface area contributed by atoms with Gasteiger partial charge in [-0.05, 0) is 77.8 Å². The lowest BCUT2D eigenvalue weighted by Gasteiger charge is -2.42. The summed E-state index contributed by atoms with van der Waals surface area (Å²) < 4.78 is 20.9. The number of carbonyl (C=O) groups is 2. The summed E-state index contributed by atoms with van der Waals surface area (Å²) in [6, 6.07) is 9.56. The van der Waals surface area contributed by atoms with Crippen LogP contribution in [0, 0.1) is 29.6 Å². The molecule has 0 aromatic heterocycles. The first-order valence-electron chi connectivity index (χ1n) is 26.0. The van der Waals surface area contributed by atoms with Crippen LogP contribution in [0.4, 0.5) is 0 Å². The molecule has 1 aromatic carbocycles. The molecule has 2 heterocycles. The molecule has 7 N–H and O–H groups in total. The maximum absolute atomic E-state index is 12.4. The van der Waals surface area contributed by atoms with Gasteiger partial charge in [-0.3, -0.25) is 9.59 Å². The van der Waals surface area contributed by atoms with E-state index in [0.717, 1.165) is 63.6 Å². The Kier molecular flexibility index (Phi) is 56.2. The molecule has 13 atom stereocenters. The number of aliphatic hydroxyl groups is 7. The van der Waals surface area contributed by atoms with Crippen molar-refractivity contribution < 1.29 is 64.3 Å². The molecule has 0 amide bonds. The van der Waals surface area contributed by atoms with Crippen LogP contribution in [-0.2, 0) is 23.7 Å². The lowest BCUT2D eigenvalue weighted by molar-refractivity contribution is -0.263. The van der Waals surface area contributed by atoms with Crippen molar-refractivity contribution in [3.63, 3.8) is 0 Å². The number of nitrogens with zero attached hydrogens (tertiary/aromatic N) is 1. The molecule has 69 heavy (non-hydrogen) atoms. The molecule has 0 spiro atoms. The lowest BCUT2D eigenvalue weighted by atomic mass is 9.89. The highest BCUT2D eigenvalue weighted by Crippen LogP contribution is 2.30. The van der Waals surface area contributed by atoms with Crippen molar-refractivity contribution in [2.75, 3.05) is 35.4 Å². The largest absolute Gasteiger partial charge is 0.459 e. The smallest absolute Gasteiger partial charge is 0.309 e. The van der Waals surface area contributed by atoms with Gasteiger partial charge in [-0.15, -0.1) is 0 Å². The number of aliphatic hydroxyl groups excluding tert-OH is 7. The predicted octanol–water partition coefficient (Wildman–Crippen LogP) is 9.70. The van der Waals surface area contributed by atoms with Crippen molar-refractivity contribution >= 4 is 12.3 Å². The summed E-state index contributed by atoms with van der Waals surface area (Å²) in [5.74, 6) is 1.61. The van der Waals surface area contributed by atoms with Crippen LogP contribution in [-0.4, -0.2) is 149 Å². The van der Waals surface area contributed by atoms with Gasteiger partial charge in [-0.25, -0.2) is 0 Å². The molecule has 416 valence electrons. The summed E-state index contributed by atoms with van der Waals surface area (Å²) in [6.07, 6.45) is 5.44. The summed E-state index contributed by atoms with van der Waals surface area (Å²) in [5, 5.41) is 62.4. The maximum Gasteiger partial charge on any atom is 0.309 e. The minimum absolute atomic E-state index is 0.0780. The molecule has 2 aliphatic rings. The van der Waals surface area contributed by atoms with Gasteiger partial charge in [0.25, 0.3) is 0 Å². The van der Waals surface area contributed by atoms with Gasteiger partial charge in [0.2, 0.25) is 0 Å². The van der Waals surface area contributed by atoms with Crippen LogP contribution in [0.1, 0.15) is 192 Å². The first kappa shape index (κ1) is 78.4. The Balaban J connectivity index is -0.000000189. The van der Waals surface area contributed by atoms with Gasteiger partial charge < -0.3 is 59.6 Å². The van der Waals surface area contributed by atoms with E-state index >= 15 is 0 Å². The standard InChI is InChI=1S/C21H42O4.C8H17NO2.C8H16O4.C7H6O.C5H12.2C2H6.2CH4O/c1-8-15(5)11-10-12-16(6)13-17(7)21(24)25-18(9-2)20(23)19(22)14(3)4;1-6-4-7(9(2)3)5-8(10)11-6;1-5-7(10)8(2,11-3)4-6(9)12-5;8-6-7-4-2-1-3-5-7;1-4-5(2)3;4*1-2/h14-20,22-23H,8-13H2,1-7H3;6-8,10H,4-5H2,1-3H3;5-7,9-10H,4H2,1-3H3;1-6H;5H,4H2,1-3H3;2*1-2H3;2*2H,1H3/t15-,16+,17+,18+,19+,20+;6-,7+,8-;5-,6+,7-,8+;;;;;;/m010....../s1. The fraction of sp³-hybridized carbons (Fsp3) is 0.855. The van der Waals surface area contributed by atoms with Gasteiger partial charge in [-0.1, -0.05) is 159 Å². The van der Waals surface area contributed by atoms with Crippen LogP contribution in [0.25, 0.3) is 0 Å². The highest BCUT2D eigenvalue weighted by atomic mass is 16.6. The molecule has 0 bridgehead atoms. The van der Waals surface area contributed by atoms with E-state index in [2.05, 4.69) is 46.4 Å². The molecule has 1 aromatic rings. The first-order valence-corrected chi connectivity index (χ1v) is 26.0. The normalized spacial score (nSPS) is 23.8. The molecular weight excluding hydrogens is 883 g/mol. The van der Waals surface area contributed by atoms with Crippen molar-refractivity contribution in [1.29, 1.82) is 0 Å². The van der Waals surface area contributed by atoms with E-state index in [9.17, 15) is 35.1 Å². The Hall–Kier alpha value is -2.08. The van der Waals surface area contributed by atoms with Crippen LogP contribution in [0.15, 0.2) is 30.3 Å². The van der Waals surface area contributed by atoms with Gasteiger partial charge in [-0.2, -0.15) is 0 Å². The predicted molar refractivity (Wildman–Crippen MR) is 285 cm³/mol. The van der Waals surface area contributed by atoms with E-state index in [0.29, 0.717) is 24.8 Å². The molecule has 0 saturated carbocycles. The van der Waals surface area contributed by atoms with Crippen LogP contribution < -0.4 is 0 Å². The molecule has 3 rings (SSSR count). The Morgan fingerprint density at radius 3 is 1.65 bits per heavy atom. The van der Waals surface area contributed by atoms with Crippen molar-refractivity contribution in [2.45, 2.75) is 243 Å². The SMILES string of the molecule is CC.CC.CCC(C)C.CC[C@H](C)CCC[C@@H](C)C[C@@H](C)C(=O)O[C@H](CC)[C@@H](O)[C@H](O)C(C)C.CO.CO.CO[C@]1(C)C[C@H](O)O[C@@H](C)[C@@H]1O.C[C@@H]1C[C@H](N(C)C)C[C@H](O)O1.O=Cc1ccccc1. The average molecular weight is 997 g/mol. The topological polar surface area (TPSA) is 216 Å². The molecule has 2 aliphatic heterocycles. The van der Waals surface area contributed by atoms with Crippen LogP contribution in [0.5, 0.6) is 0 Å². The second-order valence-corrected chi connectivity index (χ2v) is 18.6. The number of aldehydes is 1. The van der Waals surface area contributed by atoms with E-state index in [-0.39, 0.29) is 23.9 Å². The summed E-state index contributed by atoms with van der Waals surface area (Å²) in [6.45, 7) is 34.2. The van der Waals surface area contributed by atoms with Crippen LogP contribution >= 0.6 is 0 Å². The molecule has 14 heteroatoms. The number of benzene rings is 1. The number of hydrogen-bond donors (Lipinski definition) is 7. The van der Waals surface area contributed by atoms with Crippen LogP contribution in [0.2, 0.25) is 0 Å². The molecule has 14 nitrogen and oxygen atoms in total. The quantitative estimate of drug-likeness (QED) is 0.0572. The average Bonchev–Trinajstić information content (AvgIpc) is 3.34. The van der Waals surface area contributed by atoms with Crippen molar-refractivity contribution in [3.05, 3.63) is 35.9 Å². The second-order valence-electron chi connectivity index (χ2n) is 18.6. The summed E-state index contributed by atoms with van der Waals surface area (Å²) >= 11 is 0. The molecule has 0 unspecified atom stereocenters. The third-order valence-corrected chi connectivity index (χ3v) is 11.8. The molecule has 0 aliphatic carbocycles. The molecule has 0 radical (unpaired) electrons. The van der Waals surface area contributed by atoms with Gasteiger partial charge in [0.1, 0.15) is 24.6 Å². The minimum Gasteiger partial charge on any atom is -0.459 e. The lowest BCUT2D eigenvalue weighted by Crippen LogP contribution is -2.55.